The van der Waals surface area contributed by atoms with Crippen molar-refractivity contribution in [1.82, 2.24) is 4.90 Å². The number of carbonyl (C=O) groups excluding carboxylic acids is 1. The van der Waals surface area contributed by atoms with Gasteiger partial charge in [-0.3, -0.25) is 4.79 Å². The molecule has 0 amide bonds. The van der Waals surface area contributed by atoms with E-state index in [-0.39, 0.29) is 5.92 Å². The summed E-state index contributed by atoms with van der Waals surface area (Å²) in [6, 6.07) is 10.1. The molecule has 1 aromatic carbocycles. The molecular weight excluding hydrogens is 282 g/mol. The number of unbranched alkanes of at least 4 members (excludes halogenated alkanes) is 2. The lowest BCUT2D eigenvalue weighted by Crippen LogP contribution is -2.36. The number of nitrogens with zero attached hydrogens (tertiary/aromatic N) is 1. The van der Waals surface area contributed by atoms with Crippen LogP contribution in [0.5, 0.6) is 0 Å². The van der Waals surface area contributed by atoms with Crippen LogP contribution in [0, 0.1) is 5.92 Å². The Morgan fingerprint density at radius 1 is 1.13 bits per heavy atom. The lowest BCUT2D eigenvalue weighted by molar-refractivity contribution is -0.119. The largest absolute Gasteiger partial charge is 0.303 e. The molecule has 1 aromatic rings. The second kappa shape index (κ2) is 10.4. The molecule has 1 heterocycles. The van der Waals surface area contributed by atoms with Crippen molar-refractivity contribution in [2.45, 2.75) is 51.9 Å². The number of piperidine rings is 1. The monoisotopic (exact) mass is 313 g/mol. The predicted octanol–water partition coefficient (Wildman–Crippen LogP) is 4.95. The Hall–Kier alpha value is -1.41. The first-order valence-electron chi connectivity index (χ1n) is 9.29. The molecule has 0 saturated carbocycles. The fraction of sp³-hybridized carbons (Fsp3) is 0.571. The maximum absolute atomic E-state index is 12.7. The van der Waals surface area contributed by atoms with Crippen molar-refractivity contribution in [2.24, 2.45) is 5.92 Å². The van der Waals surface area contributed by atoms with Crippen molar-refractivity contribution in [2.75, 3.05) is 19.6 Å². The zero-order valence-electron chi connectivity index (χ0n) is 14.5. The van der Waals surface area contributed by atoms with Crippen LogP contribution in [-0.2, 0) is 4.79 Å². The summed E-state index contributed by atoms with van der Waals surface area (Å²) in [7, 11) is 0. The maximum atomic E-state index is 12.7. The molecule has 1 saturated heterocycles. The summed E-state index contributed by atoms with van der Waals surface area (Å²) in [5.74, 6) is 0.468. The van der Waals surface area contributed by atoms with Crippen molar-refractivity contribution in [1.29, 1.82) is 0 Å². The number of ketones is 1. The van der Waals surface area contributed by atoms with Crippen molar-refractivity contribution >= 4 is 11.9 Å². The molecule has 1 aliphatic rings. The van der Waals surface area contributed by atoms with Gasteiger partial charge in [-0.05, 0) is 44.0 Å². The average Bonchev–Trinajstić information content (AvgIpc) is 2.61. The normalized spacial score (nSPS) is 17.4. The number of rotatable bonds is 9. The summed E-state index contributed by atoms with van der Waals surface area (Å²) in [6.45, 7) is 5.50. The van der Waals surface area contributed by atoms with Crippen molar-refractivity contribution in [3.63, 3.8) is 0 Å². The summed E-state index contributed by atoms with van der Waals surface area (Å²) >= 11 is 0. The zero-order chi connectivity index (χ0) is 16.3. The third-order valence-electron chi connectivity index (χ3n) is 4.73. The van der Waals surface area contributed by atoms with Gasteiger partial charge in [0.15, 0.2) is 5.78 Å². The van der Waals surface area contributed by atoms with Crippen molar-refractivity contribution in [3.8, 4) is 0 Å². The van der Waals surface area contributed by atoms with Crippen LogP contribution in [0.15, 0.2) is 36.4 Å². The summed E-state index contributed by atoms with van der Waals surface area (Å²) in [4.78, 5) is 15.2. The summed E-state index contributed by atoms with van der Waals surface area (Å²) in [5, 5.41) is 0. The van der Waals surface area contributed by atoms with Gasteiger partial charge in [-0.1, -0.05) is 69.0 Å². The molecule has 1 atom stereocenters. The highest BCUT2D eigenvalue weighted by Crippen LogP contribution is 2.17. The maximum Gasteiger partial charge on any atom is 0.160 e. The van der Waals surface area contributed by atoms with E-state index < -0.39 is 0 Å². The number of benzene rings is 1. The Bertz CT molecular complexity index is 474. The molecule has 0 N–H and O–H groups in total. The van der Waals surface area contributed by atoms with E-state index in [0.717, 1.165) is 18.5 Å². The van der Waals surface area contributed by atoms with E-state index in [9.17, 15) is 4.79 Å². The quantitative estimate of drug-likeness (QED) is 0.475. The molecule has 2 rings (SSSR count). The van der Waals surface area contributed by atoms with Crippen LogP contribution in [-0.4, -0.2) is 30.3 Å². The highest BCUT2D eigenvalue weighted by atomic mass is 16.1. The Kier molecular flexibility index (Phi) is 8.10. The summed E-state index contributed by atoms with van der Waals surface area (Å²) in [5.41, 5.74) is 1.10. The van der Waals surface area contributed by atoms with Gasteiger partial charge in [0, 0.05) is 12.5 Å². The molecular formula is C21H31NO. The van der Waals surface area contributed by atoms with Gasteiger partial charge in [-0.15, -0.1) is 0 Å². The van der Waals surface area contributed by atoms with Gasteiger partial charge >= 0.3 is 0 Å². The lowest BCUT2D eigenvalue weighted by atomic mass is 9.94. The molecule has 2 nitrogen and oxygen atoms in total. The highest BCUT2D eigenvalue weighted by Gasteiger charge is 2.20. The van der Waals surface area contributed by atoms with E-state index in [4.69, 9.17) is 0 Å². The number of hydrogen-bond donors (Lipinski definition) is 0. The van der Waals surface area contributed by atoms with Gasteiger partial charge in [0.1, 0.15) is 0 Å². The van der Waals surface area contributed by atoms with Gasteiger partial charge in [-0.2, -0.15) is 0 Å². The smallest absolute Gasteiger partial charge is 0.160 e. The lowest BCUT2D eigenvalue weighted by Gasteiger charge is -2.29. The van der Waals surface area contributed by atoms with Crippen LogP contribution in [0.1, 0.15) is 57.4 Å². The first-order chi connectivity index (χ1) is 11.3. The van der Waals surface area contributed by atoms with E-state index in [2.05, 4.69) is 11.8 Å². The van der Waals surface area contributed by atoms with Crippen LogP contribution in [0.3, 0.4) is 0 Å². The Labute approximate surface area is 141 Å². The Balaban J connectivity index is 1.93. The fourth-order valence-electron chi connectivity index (χ4n) is 3.30. The van der Waals surface area contributed by atoms with Gasteiger partial charge < -0.3 is 4.90 Å². The van der Waals surface area contributed by atoms with Crippen LogP contribution >= 0.6 is 0 Å². The van der Waals surface area contributed by atoms with Crippen LogP contribution in [0.4, 0.5) is 0 Å². The van der Waals surface area contributed by atoms with Gasteiger partial charge in [0.05, 0.1) is 0 Å². The van der Waals surface area contributed by atoms with Crippen LogP contribution in [0.25, 0.3) is 6.08 Å². The number of allylic oxidation sites excluding steroid dienone is 1. The zero-order valence-corrected chi connectivity index (χ0v) is 14.5. The average molecular weight is 313 g/mol. The minimum Gasteiger partial charge on any atom is -0.303 e. The molecule has 0 radical (unpaired) electrons. The number of likely N-dealkylation sites (tertiary alicyclic amines) is 1. The minimum absolute atomic E-state index is 0.166. The van der Waals surface area contributed by atoms with E-state index in [1.54, 1.807) is 6.08 Å². The molecule has 1 aliphatic heterocycles. The molecule has 0 spiro atoms. The second-order valence-electron chi connectivity index (χ2n) is 6.70. The van der Waals surface area contributed by atoms with E-state index in [1.807, 2.05) is 36.4 Å². The number of carbonyl (C=O) groups is 1. The van der Waals surface area contributed by atoms with Gasteiger partial charge in [0.2, 0.25) is 0 Å². The van der Waals surface area contributed by atoms with Gasteiger partial charge in [0.25, 0.3) is 0 Å². The van der Waals surface area contributed by atoms with Crippen molar-refractivity contribution in [3.05, 3.63) is 42.0 Å². The molecule has 0 aliphatic carbocycles. The second-order valence-corrected chi connectivity index (χ2v) is 6.70. The van der Waals surface area contributed by atoms with E-state index >= 15 is 0 Å². The van der Waals surface area contributed by atoms with Crippen LogP contribution < -0.4 is 0 Å². The fourth-order valence-corrected chi connectivity index (χ4v) is 3.30. The van der Waals surface area contributed by atoms with E-state index in [0.29, 0.717) is 5.78 Å². The third kappa shape index (κ3) is 6.70. The Morgan fingerprint density at radius 2 is 1.87 bits per heavy atom. The van der Waals surface area contributed by atoms with E-state index in [1.165, 1.54) is 51.6 Å². The molecule has 1 fully saturated rings. The van der Waals surface area contributed by atoms with Gasteiger partial charge in [-0.25, -0.2) is 0 Å². The predicted molar refractivity (Wildman–Crippen MR) is 98.4 cm³/mol. The molecule has 0 unspecified atom stereocenters. The molecule has 0 aromatic heterocycles. The molecule has 2 heteroatoms. The van der Waals surface area contributed by atoms with Crippen LogP contribution in [0.2, 0.25) is 0 Å². The molecule has 0 bridgehead atoms. The molecule has 23 heavy (non-hydrogen) atoms. The summed E-state index contributed by atoms with van der Waals surface area (Å²) < 4.78 is 0. The Morgan fingerprint density at radius 3 is 2.57 bits per heavy atom. The summed E-state index contributed by atoms with van der Waals surface area (Å²) in [6.07, 6.45) is 12.3. The van der Waals surface area contributed by atoms with Crippen molar-refractivity contribution < 1.29 is 4.79 Å². The minimum atomic E-state index is 0.166. The SMILES string of the molecule is CCCCC[C@@H](CN1CCCCC1)C(=O)/C=C\c1ccccc1. The first kappa shape index (κ1) is 17.9. The molecule has 126 valence electrons. The topological polar surface area (TPSA) is 20.3 Å². The number of hydrogen-bond acceptors (Lipinski definition) is 2. The third-order valence-corrected chi connectivity index (χ3v) is 4.73. The highest BCUT2D eigenvalue weighted by molar-refractivity contribution is 5.95. The standard InChI is InChI=1S/C21H31NO/c1-2-3-6-13-20(18-22-16-9-5-10-17-22)21(23)15-14-19-11-7-4-8-12-19/h4,7-8,11-12,14-15,20H,2-3,5-6,9-10,13,16-18H2,1H3/b15-14-/t20-/m0/s1. The first-order valence-corrected chi connectivity index (χ1v) is 9.29.